The van der Waals surface area contributed by atoms with Crippen LogP contribution in [0.3, 0.4) is 0 Å². The topological polar surface area (TPSA) is 104 Å². The molecule has 0 saturated carbocycles. The maximum Gasteiger partial charge on any atom is 0.195 e. The van der Waals surface area contributed by atoms with E-state index >= 15 is 0 Å². The molecule has 0 aromatic heterocycles. The SMILES string of the molecule is CN1CCC(N=C(N)NC(=N)N)CC1. The molecule has 1 heterocycles. The van der Waals surface area contributed by atoms with Gasteiger partial charge >= 0.3 is 0 Å². The maximum absolute atomic E-state index is 6.97. The first-order valence-electron chi connectivity index (χ1n) is 4.71. The van der Waals surface area contributed by atoms with Crippen LogP contribution in [0.2, 0.25) is 0 Å². The summed E-state index contributed by atoms with van der Waals surface area (Å²) in [5, 5.41) is 9.45. The molecule has 0 spiro atoms. The van der Waals surface area contributed by atoms with Gasteiger partial charge in [0.15, 0.2) is 11.9 Å². The monoisotopic (exact) mass is 198 g/mol. The van der Waals surface area contributed by atoms with Crippen molar-refractivity contribution < 1.29 is 0 Å². The molecule has 1 aliphatic rings. The number of nitrogens with zero attached hydrogens (tertiary/aromatic N) is 2. The Kier molecular flexibility index (Phi) is 3.70. The third-order valence-electron chi connectivity index (χ3n) is 2.27. The van der Waals surface area contributed by atoms with E-state index in [4.69, 9.17) is 16.9 Å². The lowest BCUT2D eigenvalue weighted by Gasteiger charge is -2.26. The van der Waals surface area contributed by atoms with Crippen LogP contribution in [0.25, 0.3) is 0 Å². The Hall–Kier alpha value is -1.30. The first-order valence-corrected chi connectivity index (χ1v) is 4.71. The third kappa shape index (κ3) is 3.61. The molecule has 0 amide bonds. The number of hydrogen-bond donors (Lipinski definition) is 4. The first kappa shape index (κ1) is 10.8. The zero-order valence-corrected chi connectivity index (χ0v) is 8.45. The highest BCUT2D eigenvalue weighted by molar-refractivity contribution is 5.95. The molecule has 0 aromatic carbocycles. The van der Waals surface area contributed by atoms with E-state index in [1.165, 1.54) is 0 Å². The predicted molar refractivity (Wildman–Crippen MR) is 57.2 cm³/mol. The second-order valence-corrected chi connectivity index (χ2v) is 3.59. The van der Waals surface area contributed by atoms with Crippen LogP contribution in [0.5, 0.6) is 0 Å². The molecule has 0 bridgehead atoms. The molecule has 1 fully saturated rings. The molecule has 6 nitrogen and oxygen atoms in total. The van der Waals surface area contributed by atoms with Gasteiger partial charge in [-0.1, -0.05) is 0 Å². The first-order chi connectivity index (χ1) is 6.58. The largest absolute Gasteiger partial charge is 0.370 e. The van der Waals surface area contributed by atoms with Crippen molar-refractivity contribution in [2.24, 2.45) is 16.5 Å². The molecule has 6 heteroatoms. The van der Waals surface area contributed by atoms with Crippen molar-refractivity contribution in [1.29, 1.82) is 5.41 Å². The number of aliphatic imine (C=N–C) groups is 1. The minimum atomic E-state index is -0.167. The van der Waals surface area contributed by atoms with Crippen molar-refractivity contribution in [3.05, 3.63) is 0 Å². The van der Waals surface area contributed by atoms with E-state index in [2.05, 4.69) is 22.3 Å². The van der Waals surface area contributed by atoms with Crippen molar-refractivity contribution >= 4 is 11.9 Å². The Morgan fingerprint density at radius 1 is 1.43 bits per heavy atom. The number of guanidine groups is 2. The van der Waals surface area contributed by atoms with Crippen LogP contribution in [-0.4, -0.2) is 43.0 Å². The zero-order chi connectivity index (χ0) is 10.6. The Bertz CT molecular complexity index is 228. The summed E-state index contributed by atoms with van der Waals surface area (Å²) in [6, 6.07) is 0.262. The van der Waals surface area contributed by atoms with E-state index in [9.17, 15) is 0 Å². The van der Waals surface area contributed by atoms with Gasteiger partial charge in [-0.2, -0.15) is 0 Å². The molecular formula is C8H18N6. The molecule has 0 aromatic rings. The fourth-order valence-corrected chi connectivity index (χ4v) is 1.49. The summed E-state index contributed by atoms with van der Waals surface area (Å²) in [5.74, 6) is 0.0752. The molecule has 14 heavy (non-hydrogen) atoms. The molecule has 0 aliphatic carbocycles. The van der Waals surface area contributed by atoms with Crippen LogP contribution in [0.15, 0.2) is 4.99 Å². The number of likely N-dealkylation sites (tertiary alicyclic amines) is 1. The van der Waals surface area contributed by atoms with Crippen LogP contribution >= 0.6 is 0 Å². The standard InChI is InChI=1S/C8H18N6/c1-14-4-2-6(3-5-14)12-8(11)13-7(9)10/h6H,2-5H2,1H3,(H6,9,10,11,12,13). The highest BCUT2D eigenvalue weighted by atomic mass is 15.2. The Morgan fingerprint density at radius 2 is 2.00 bits per heavy atom. The highest BCUT2D eigenvalue weighted by Crippen LogP contribution is 2.11. The fourth-order valence-electron chi connectivity index (χ4n) is 1.49. The number of piperidine rings is 1. The van der Waals surface area contributed by atoms with Gasteiger partial charge in [0, 0.05) is 0 Å². The number of nitrogens with two attached hydrogens (primary N) is 2. The lowest BCUT2D eigenvalue weighted by Crippen LogP contribution is -2.42. The lowest BCUT2D eigenvalue weighted by molar-refractivity contribution is 0.257. The van der Waals surface area contributed by atoms with Crippen molar-refractivity contribution in [2.45, 2.75) is 18.9 Å². The van der Waals surface area contributed by atoms with Gasteiger partial charge in [-0.15, -0.1) is 0 Å². The summed E-state index contributed by atoms with van der Waals surface area (Å²) in [6.07, 6.45) is 2.02. The van der Waals surface area contributed by atoms with Crippen LogP contribution < -0.4 is 16.8 Å². The molecule has 1 rings (SSSR count). The van der Waals surface area contributed by atoms with E-state index in [0.717, 1.165) is 25.9 Å². The van der Waals surface area contributed by atoms with Gasteiger partial charge in [-0.05, 0) is 33.0 Å². The van der Waals surface area contributed by atoms with Gasteiger partial charge < -0.3 is 16.4 Å². The summed E-state index contributed by atoms with van der Waals surface area (Å²) in [7, 11) is 2.09. The number of rotatable bonds is 1. The minimum absolute atomic E-state index is 0.167. The summed E-state index contributed by atoms with van der Waals surface area (Å²) >= 11 is 0. The Morgan fingerprint density at radius 3 is 2.50 bits per heavy atom. The quantitative estimate of drug-likeness (QED) is 0.316. The molecule has 6 N–H and O–H groups in total. The Labute approximate surface area is 83.9 Å². The van der Waals surface area contributed by atoms with Crippen molar-refractivity contribution in [2.75, 3.05) is 20.1 Å². The van der Waals surface area contributed by atoms with Crippen LogP contribution in [0.1, 0.15) is 12.8 Å². The van der Waals surface area contributed by atoms with E-state index < -0.39 is 0 Å². The van der Waals surface area contributed by atoms with Gasteiger partial charge in [-0.25, -0.2) is 4.99 Å². The van der Waals surface area contributed by atoms with Gasteiger partial charge in [0.2, 0.25) is 0 Å². The lowest BCUT2D eigenvalue weighted by atomic mass is 10.1. The molecule has 0 radical (unpaired) electrons. The van der Waals surface area contributed by atoms with Crippen molar-refractivity contribution in [3.8, 4) is 0 Å². The molecule has 80 valence electrons. The second-order valence-electron chi connectivity index (χ2n) is 3.59. The average molecular weight is 198 g/mol. The Balaban J connectivity index is 2.39. The van der Waals surface area contributed by atoms with Gasteiger partial charge in [0.25, 0.3) is 0 Å². The summed E-state index contributed by atoms with van der Waals surface area (Å²) in [6.45, 7) is 2.09. The third-order valence-corrected chi connectivity index (χ3v) is 2.27. The molecule has 0 unspecified atom stereocenters. The maximum atomic E-state index is 6.97. The average Bonchev–Trinajstić information content (AvgIpc) is 2.07. The van der Waals surface area contributed by atoms with E-state index in [1.54, 1.807) is 0 Å². The minimum Gasteiger partial charge on any atom is -0.370 e. The molecule has 1 aliphatic heterocycles. The predicted octanol–water partition coefficient (Wildman–Crippen LogP) is -1.12. The summed E-state index contributed by atoms with van der Waals surface area (Å²) < 4.78 is 0. The van der Waals surface area contributed by atoms with E-state index in [1.807, 2.05) is 0 Å². The van der Waals surface area contributed by atoms with Crippen LogP contribution in [0.4, 0.5) is 0 Å². The molecule has 0 atom stereocenters. The number of nitrogens with one attached hydrogen (secondary N) is 2. The summed E-state index contributed by atoms with van der Waals surface area (Å²) in [5.41, 5.74) is 10.7. The van der Waals surface area contributed by atoms with Crippen molar-refractivity contribution in [1.82, 2.24) is 10.2 Å². The van der Waals surface area contributed by atoms with E-state index in [0.29, 0.717) is 0 Å². The summed E-state index contributed by atoms with van der Waals surface area (Å²) in [4.78, 5) is 6.51. The van der Waals surface area contributed by atoms with Gasteiger partial charge in [0.05, 0.1) is 6.04 Å². The second kappa shape index (κ2) is 4.80. The van der Waals surface area contributed by atoms with Gasteiger partial charge in [0.1, 0.15) is 0 Å². The fraction of sp³-hybridized carbons (Fsp3) is 0.750. The normalized spacial score (nSPS) is 20.8. The van der Waals surface area contributed by atoms with Gasteiger partial charge in [-0.3, -0.25) is 10.7 Å². The number of hydrogen-bond acceptors (Lipinski definition) is 3. The highest BCUT2D eigenvalue weighted by Gasteiger charge is 2.15. The van der Waals surface area contributed by atoms with Crippen molar-refractivity contribution in [3.63, 3.8) is 0 Å². The smallest absolute Gasteiger partial charge is 0.195 e. The van der Waals surface area contributed by atoms with E-state index in [-0.39, 0.29) is 18.0 Å². The zero-order valence-electron chi connectivity index (χ0n) is 8.45. The van der Waals surface area contributed by atoms with Crippen LogP contribution in [0, 0.1) is 5.41 Å². The molecule has 1 saturated heterocycles. The van der Waals surface area contributed by atoms with Crippen LogP contribution in [-0.2, 0) is 0 Å². The molecular weight excluding hydrogens is 180 g/mol.